The molecule has 1 atom stereocenters. The van der Waals surface area contributed by atoms with E-state index in [-0.39, 0.29) is 12.4 Å². The third kappa shape index (κ3) is 4.80. The number of hydrogen-bond donors (Lipinski definition) is 1. The van der Waals surface area contributed by atoms with E-state index in [1.807, 2.05) is 30.3 Å². The largest absolute Gasteiger partial charge is 0.492 e. The Morgan fingerprint density at radius 2 is 1.61 bits per heavy atom. The Morgan fingerprint density at radius 3 is 2.45 bits per heavy atom. The van der Waals surface area contributed by atoms with Crippen molar-refractivity contribution in [3.8, 4) is 5.75 Å². The van der Waals surface area contributed by atoms with Crippen molar-refractivity contribution in [1.29, 1.82) is 0 Å². The third-order valence-electron chi connectivity index (χ3n) is 5.04. The van der Waals surface area contributed by atoms with Crippen LogP contribution in [0, 0.1) is 5.92 Å². The van der Waals surface area contributed by atoms with Crippen molar-refractivity contribution in [2.45, 2.75) is 6.42 Å². The topological polar surface area (TPSA) is 81.7 Å². The molecule has 1 N–H and O–H groups in total. The van der Waals surface area contributed by atoms with Crippen LogP contribution >= 0.6 is 0 Å². The van der Waals surface area contributed by atoms with Crippen molar-refractivity contribution < 1.29 is 23.9 Å². The quantitative estimate of drug-likeness (QED) is 0.491. The Kier molecular flexibility index (Phi) is 6.08. The first kappa shape index (κ1) is 20.3. The summed E-state index contributed by atoms with van der Waals surface area (Å²) in [5.74, 6) is -0.901. The van der Waals surface area contributed by atoms with Crippen LogP contribution in [0.2, 0.25) is 0 Å². The number of rotatable bonds is 6. The number of carbonyl (C=O) groups is 3. The van der Waals surface area contributed by atoms with Crippen LogP contribution in [0.1, 0.15) is 21.5 Å². The number of amides is 1. The lowest BCUT2D eigenvalue weighted by Gasteiger charge is -2.23. The van der Waals surface area contributed by atoms with Crippen LogP contribution in [0.5, 0.6) is 5.75 Å². The van der Waals surface area contributed by atoms with E-state index in [2.05, 4.69) is 5.32 Å². The molecule has 0 spiro atoms. The summed E-state index contributed by atoms with van der Waals surface area (Å²) in [7, 11) is 0. The van der Waals surface area contributed by atoms with E-state index in [9.17, 15) is 14.4 Å². The van der Waals surface area contributed by atoms with Gasteiger partial charge < -0.3 is 14.8 Å². The number of hydrogen-bond acceptors (Lipinski definition) is 5. The molecule has 0 fully saturated rings. The number of carbonyl (C=O) groups excluding carboxylic acids is 3. The molecule has 3 aromatic carbocycles. The van der Waals surface area contributed by atoms with Crippen molar-refractivity contribution >= 4 is 23.3 Å². The normalized spacial score (nSPS) is 14.6. The van der Waals surface area contributed by atoms with Crippen LogP contribution in [0.25, 0.3) is 0 Å². The lowest BCUT2D eigenvalue weighted by atomic mass is 9.97. The van der Waals surface area contributed by atoms with E-state index in [1.165, 1.54) is 0 Å². The average molecular weight is 415 g/mol. The van der Waals surface area contributed by atoms with Crippen molar-refractivity contribution in [1.82, 2.24) is 0 Å². The number of fused-ring (bicyclic) bond motifs is 1. The first-order valence-corrected chi connectivity index (χ1v) is 9.98. The monoisotopic (exact) mass is 415 g/mol. The Hall–Kier alpha value is -3.93. The summed E-state index contributed by atoms with van der Waals surface area (Å²) in [5, 5.41) is 2.67. The molecule has 0 aromatic heterocycles. The lowest BCUT2D eigenvalue weighted by molar-refractivity contribution is -0.152. The maximum atomic E-state index is 12.8. The van der Waals surface area contributed by atoms with Gasteiger partial charge in [0.1, 0.15) is 12.4 Å². The maximum absolute atomic E-state index is 12.8. The highest BCUT2D eigenvalue weighted by molar-refractivity contribution is 6.13. The number of anilines is 1. The first-order chi connectivity index (χ1) is 15.1. The molecule has 156 valence electrons. The number of ether oxygens (including phenoxy) is 2. The van der Waals surface area contributed by atoms with Gasteiger partial charge in [-0.05, 0) is 30.2 Å². The van der Waals surface area contributed by atoms with Gasteiger partial charge in [0.15, 0.2) is 12.4 Å². The van der Waals surface area contributed by atoms with Crippen LogP contribution in [0.3, 0.4) is 0 Å². The molecule has 0 radical (unpaired) electrons. The number of ketones is 1. The van der Waals surface area contributed by atoms with Gasteiger partial charge in [-0.15, -0.1) is 0 Å². The van der Waals surface area contributed by atoms with E-state index < -0.39 is 24.4 Å². The predicted molar refractivity (Wildman–Crippen MR) is 115 cm³/mol. The minimum Gasteiger partial charge on any atom is -0.492 e. The fourth-order valence-corrected chi connectivity index (χ4v) is 3.46. The second kappa shape index (κ2) is 9.26. The average Bonchev–Trinajstić information content (AvgIpc) is 2.82. The second-order valence-corrected chi connectivity index (χ2v) is 7.22. The van der Waals surface area contributed by atoms with Crippen LogP contribution in [-0.2, 0) is 20.7 Å². The summed E-state index contributed by atoms with van der Waals surface area (Å²) >= 11 is 0. The molecule has 1 aliphatic rings. The third-order valence-corrected chi connectivity index (χ3v) is 5.04. The number of nitrogens with one attached hydrogen (secondary N) is 1. The molecular formula is C25H21NO5. The van der Waals surface area contributed by atoms with Crippen LogP contribution < -0.4 is 10.1 Å². The summed E-state index contributed by atoms with van der Waals surface area (Å²) < 4.78 is 10.8. The number of benzene rings is 3. The van der Waals surface area contributed by atoms with E-state index in [1.54, 1.807) is 48.5 Å². The van der Waals surface area contributed by atoms with Crippen molar-refractivity contribution in [2.75, 3.05) is 18.5 Å². The van der Waals surface area contributed by atoms with Gasteiger partial charge in [-0.2, -0.15) is 0 Å². The minimum absolute atomic E-state index is 0.202. The molecule has 1 amide bonds. The van der Waals surface area contributed by atoms with Gasteiger partial charge in [0.2, 0.25) is 0 Å². The minimum atomic E-state index is -0.515. The summed E-state index contributed by atoms with van der Waals surface area (Å²) in [6.45, 7) is -0.225. The molecule has 1 unspecified atom stereocenters. The predicted octanol–water partition coefficient (Wildman–Crippen LogP) is 3.65. The second-order valence-electron chi connectivity index (χ2n) is 7.22. The van der Waals surface area contributed by atoms with Crippen molar-refractivity contribution in [3.05, 3.63) is 95.6 Å². The van der Waals surface area contributed by atoms with E-state index in [0.29, 0.717) is 23.2 Å². The molecule has 1 heterocycles. The molecule has 31 heavy (non-hydrogen) atoms. The molecule has 0 saturated carbocycles. The molecule has 0 bridgehead atoms. The number of para-hydroxylation sites is 2. The zero-order valence-electron chi connectivity index (χ0n) is 16.7. The van der Waals surface area contributed by atoms with Crippen LogP contribution in [0.4, 0.5) is 5.69 Å². The Labute approximate surface area is 179 Å². The summed E-state index contributed by atoms with van der Waals surface area (Å²) in [4.78, 5) is 37.5. The molecule has 1 aliphatic heterocycles. The molecule has 6 heteroatoms. The van der Waals surface area contributed by atoms with Crippen molar-refractivity contribution in [3.63, 3.8) is 0 Å². The highest BCUT2D eigenvalue weighted by Crippen LogP contribution is 2.27. The highest BCUT2D eigenvalue weighted by Gasteiger charge is 2.27. The fourth-order valence-electron chi connectivity index (χ4n) is 3.46. The molecule has 0 aliphatic carbocycles. The van der Waals surface area contributed by atoms with Gasteiger partial charge in [-0.25, -0.2) is 0 Å². The smallest absolute Gasteiger partial charge is 0.313 e. The number of esters is 1. The first-order valence-electron chi connectivity index (χ1n) is 9.98. The van der Waals surface area contributed by atoms with Crippen LogP contribution in [0.15, 0.2) is 78.9 Å². The molecule has 3 aromatic rings. The van der Waals surface area contributed by atoms with Gasteiger partial charge in [0.05, 0.1) is 11.6 Å². The van der Waals surface area contributed by atoms with E-state index in [4.69, 9.17) is 9.47 Å². The van der Waals surface area contributed by atoms with E-state index in [0.717, 1.165) is 11.3 Å². The van der Waals surface area contributed by atoms with Gasteiger partial charge >= 0.3 is 5.97 Å². The van der Waals surface area contributed by atoms with E-state index >= 15 is 0 Å². The Balaban J connectivity index is 1.36. The highest BCUT2D eigenvalue weighted by atomic mass is 16.5. The standard InChI is InChI=1S/C25H21NO5/c27-23(16-31-25(29)19-14-18-10-4-7-13-22(18)30-15-19)26-21-12-6-5-11-20(21)24(28)17-8-2-1-3-9-17/h1-13,19H,14-16H2,(H,26,27). The van der Waals surface area contributed by atoms with Gasteiger partial charge in [0.25, 0.3) is 5.91 Å². The summed E-state index contributed by atoms with van der Waals surface area (Å²) in [6.07, 6.45) is 0.505. The van der Waals surface area contributed by atoms with Gasteiger partial charge in [-0.1, -0.05) is 60.7 Å². The van der Waals surface area contributed by atoms with Gasteiger partial charge in [-0.3, -0.25) is 14.4 Å². The summed E-state index contributed by atoms with van der Waals surface area (Å²) in [5.41, 5.74) is 2.19. The molecule has 0 saturated heterocycles. The van der Waals surface area contributed by atoms with Gasteiger partial charge in [0, 0.05) is 11.1 Å². The zero-order valence-corrected chi connectivity index (χ0v) is 16.7. The SMILES string of the molecule is O=C(COC(=O)C1COc2ccccc2C1)Nc1ccccc1C(=O)c1ccccc1. The van der Waals surface area contributed by atoms with Crippen LogP contribution in [-0.4, -0.2) is 30.9 Å². The Morgan fingerprint density at radius 1 is 0.903 bits per heavy atom. The Bertz CT molecular complexity index is 1110. The van der Waals surface area contributed by atoms with Crippen molar-refractivity contribution in [2.24, 2.45) is 5.92 Å². The summed E-state index contributed by atoms with van der Waals surface area (Å²) in [6, 6.07) is 23.1. The molecule has 6 nitrogen and oxygen atoms in total. The molecule has 4 rings (SSSR count). The fraction of sp³-hybridized carbons (Fsp3) is 0.160. The maximum Gasteiger partial charge on any atom is 0.313 e. The molecular weight excluding hydrogens is 394 g/mol. The zero-order chi connectivity index (χ0) is 21.6. The lowest BCUT2D eigenvalue weighted by Crippen LogP contribution is -2.32.